The van der Waals surface area contributed by atoms with Crippen LogP contribution < -0.4 is 10.6 Å². The fourth-order valence-electron chi connectivity index (χ4n) is 3.40. The van der Waals surface area contributed by atoms with Gasteiger partial charge < -0.3 is 5.73 Å². The molecule has 2 unspecified atom stereocenters. The lowest BCUT2D eigenvalue weighted by molar-refractivity contribution is -0.123. The molecule has 5 heteroatoms. The molecule has 1 aromatic carbocycles. The third kappa shape index (κ3) is 1.90. The maximum absolute atomic E-state index is 12.5. The molecule has 20 heavy (non-hydrogen) atoms. The van der Waals surface area contributed by atoms with Crippen molar-refractivity contribution in [2.45, 2.75) is 26.2 Å². The van der Waals surface area contributed by atoms with Gasteiger partial charge in [0.25, 0.3) is 0 Å². The lowest BCUT2D eigenvalue weighted by atomic mass is 10.00. The van der Waals surface area contributed by atoms with Crippen LogP contribution in [0.3, 0.4) is 0 Å². The minimum absolute atomic E-state index is 0.122. The van der Waals surface area contributed by atoms with Gasteiger partial charge in [-0.05, 0) is 37.0 Å². The molecule has 0 bridgehead atoms. The largest absolute Gasteiger partial charge is 0.399 e. The van der Waals surface area contributed by atoms with Crippen LogP contribution in [0.5, 0.6) is 0 Å². The van der Waals surface area contributed by atoms with E-state index in [0.717, 1.165) is 19.3 Å². The molecule has 106 valence electrons. The number of rotatable bonds is 2. The minimum atomic E-state index is -0.176. The monoisotopic (exact) mass is 292 g/mol. The van der Waals surface area contributed by atoms with E-state index in [2.05, 4.69) is 6.92 Å². The molecule has 3 rings (SSSR count). The summed E-state index contributed by atoms with van der Waals surface area (Å²) in [5.74, 6) is -0.113. The highest BCUT2D eigenvalue weighted by molar-refractivity contribution is 6.36. The fraction of sp³-hybridized carbons (Fsp3) is 0.467. The summed E-state index contributed by atoms with van der Waals surface area (Å²) in [5, 5.41) is 0.382. The average Bonchev–Trinajstić information content (AvgIpc) is 2.94. The first-order chi connectivity index (χ1) is 9.52. The summed E-state index contributed by atoms with van der Waals surface area (Å²) in [5.41, 5.74) is 6.65. The summed E-state index contributed by atoms with van der Waals surface area (Å²) in [7, 11) is 0. The van der Waals surface area contributed by atoms with E-state index in [1.54, 1.807) is 18.2 Å². The van der Waals surface area contributed by atoms with Crippen molar-refractivity contribution in [3.05, 3.63) is 23.2 Å². The summed E-state index contributed by atoms with van der Waals surface area (Å²) in [6.45, 7) is 2.10. The van der Waals surface area contributed by atoms with Crippen molar-refractivity contribution in [2.24, 2.45) is 17.8 Å². The molecule has 0 radical (unpaired) electrons. The van der Waals surface area contributed by atoms with Crippen LogP contribution in [0.4, 0.5) is 11.4 Å². The Balaban J connectivity index is 1.96. The number of amides is 2. The third-order valence-electron chi connectivity index (χ3n) is 4.52. The molecule has 1 aromatic rings. The predicted molar refractivity (Wildman–Crippen MR) is 78.4 cm³/mol. The molecule has 0 aromatic heterocycles. The van der Waals surface area contributed by atoms with E-state index >= 15 is 0 Å². The Labute approximate surface area is 122 Å². The Morgan fingerprint density at radius 2 is 1.85 bits per heavy atom. The number of carbonyl (C=O) groups excluding carboxylic acids is 2. The van der Waals surface area contributed by atoms with E-state index in [1.165, 1.54) is 4.90 Å². The first-order valence-corrected chi connectivity index (χ1v) is 7.33. The first kappa shape index (κ1) is 13.4. The molecule has 2 aliphatic rings. The van der Waals surface area contributed by atoms with E-state index < -0.39 is 0 Å². The topological polar surface area (TPSA) is 63.4 Å². The number of benzene rings is 1. The van der Waals surface area contributed by atoms with Crippen molar-refractivity contribution >= 4 is 34.8 Å². The number of carbonyl (C=O) groups is 2. The zero-order valence-electron chi connectivity index (χ0n) is 11.3. The number of anilines is 2. The summed E-state index contributed by atoms with van der Waals surface area (Å²) in [4.78, 5) is 26.3. The molecule has 1 aliphatic carbocycles. The van der Waals surface area contributed by atoms with Crippen LogP contribution in [-0.2, 0) is 9.59 Å². The molecular weight excluding hydrogens is 276 g/mol. The van der Waals surface area contributed by atoms with Gasteiger partial charge in [-0.1, -0.05) is 24.9 Å². The lowest BCUT2D eigenvalue weighted by Crippen LogP contribution is -2.32. The van der Waals surface area contributed by atoms with Crippen molar-refractivity contribution in [3.63, 3.8) is 0 Å². The number of nitrogens with two attached hydrogens (primary N) is 1. The molecule has 2 fully saturated rings. The number of imide groups is 1. The molecule has 2 atom stereocenters. The van der Waals surface area contributed by atoms with Gasteiger partial charge in [0.1, 0.15) is 0 Å². The Morgan fingerprint density at radius 3 is 2.40 bits per heavy atom. The van der Waals surface area contributed by atoms with Crippen LogP contribution in [0.1, 0.15) is 26.2 Å². The molecular formula is C15H17ClN2O2. The standard InChI is InChI=1S/C15H17ClN2O2/c1-2-8-5-10-11(6-8)15(20)18(14(10)19)13-7-9(17)3-4-12(13)16/h3-4,7-8,10-11H,2,5-6,17H2,1H3. The molecule has 1 saturated heterocycles. The van der Waals surface area contributed by atoms with Crippen molar-refractivity contribution in [2.75, 3.05) is 10.6 Å². The van der Waals surface area contributed by atoms with Crippen molar-refractivity contribution in [1.29, 1.82) is 0 Å². The highest BCUT2D eigenvalue weighted by Gasteiger charge is 2.53. The van der Waals surface area contributed by atoms with Gasteiger partial charge in [-0.3, -0.25) is 9.59 Å². The first-order valence-electron chi connectivity index (χ1n) is 6.95. The number of fused-ring (bicyclic) bond motifs is 1. The Hall–Kier alpha value is -1.55. The van der Waals surface area contributed by atoms with Gasteiger partial charge in [0.05, 0.1) is 22.5 Å². The minimum Gasteiger partial charge on any atom is -0.399 e. The number of halogens is 1. The number of nitrogens with zero attached hydrogens (tertiary/aromatic N) is 1. The second-order valence-corrected chi connectivity index (χ2v) is 6.09. The smallest absolute Gasteiger partial charge is 0.237 e. The van der Waals surface area contributed by atoms with Crippen LogP contribution in [0.15, 0.2) is 18.2 Å². The number of hydrogen-bond donors (Lipinski definition) is 1. The van der Waals surface area contributed by atoms with E-state index in [4.69, 9.17) is 17.3 Å². The van der Waals surface area contributed by atoms with Crippen LogP contribution >= 0.6 is 11.6 Å². The van der Waals surface area contributed by atoms with E-state index in [0.29, 0.717) is 22.3 Å². The highest BCUT2D eigenvalue weighted by atomic mass is 35.5. The SMILES string of the molecule is CCC1CC2C(=O)N(c3cc(N)ccc3Cl)C(=O)C2C1. The predicted octanol–water partition coefficient (Wildman–Crippen LogP) is 2.85. The summed E-state index contributed by atoms with van der Waals surface area (Å²) in [6, 6.07) is 4.87. The van der Waals surface area contributed by atoms with Gasteiger partial charge in [0.15, 0.2) is 0 Å². The zero-order chi connectivity index (χ0) is 14.4. The normalized spacial score (nSPS) is 29.1. The molecule has 0 spiro atoms. The molecule has 2 amide bonds. The van der Waals surface area contributed by atoms with Gasteiger partial charge in [-0.15, -0.1) is 0 Å². The number of nitrogen functional groups attached to an aromatic ring is 1. The molecule has 2 N–H and O–H groups in total. The second kappa shape index (κ2) is 4.77. The molecule has 1 aliphatic heterocycles. The van der Waals surface area contributed by atoms with Crippen molar-refractivity contribution < 1.29 is 9.59 Å². The van der Waals surface area contributed by atoms with E-state index in [-0.39, 0.29) is 23.7 Å². The van der Waals surface area contributed by atoms with Gasteiger partial charge in [0.2, 0.25) is 11.8 Å². The Bertz CT molecular complexity index is 563. The number of hydrogen-bond acceptors (Lipinski definition) is 3. The van der Waals surface area contributed by atoms with Gasteiger partial charge >= 0.3 is 0 Å². The molecule has 1 heterocycles. The van der Waals surface area contributed by atoms with Crippen LogP contribution in [0.2, 0.25) is 5.02 Å². The van der Waals surface area contributed by atoms with Gasteiger partial charge in [-0.25, -0.2) is 4.90 Å². The fourth-order valence-corrected chi connectivity index (χ4v) is 3.60. The second-order valence-electron chi connectivity index (χ2n) is 5.68. The van der Waals surface area contributed by atoms with E-state index in [9.17, 15) is 9.59 Å². The van der Waals surface area contributed by atoms with Crippen LogP contribution in [0.25, 0.3) is 0 Å². The maximum atomic E-state index is 12.5. The third-order valence-corrected chi connectivity index (χ3v) is 4.84. The van der Waals surface area contributed by atoms with E-state index in [1.807, 2.05) is 0 Å². The van der Waals surface area contributed by atoms with Crippen molar-refractivity contribution in [1.82, 2.24) is 0 Å². The Kier molecular flexibility index (Phi) is 3.21. The summed E-state index contributed by atoms with van der Waals surface area (Å²) < 4.78 is 0. The molecule has 4 nitrogen and oxygen atoms in total. The lowest BCUT2D eigenvalue weighted by Gasteiger charge is -2.19. The summed E-state index contributed by atoms with van der Waals surface area (Å²) in [6.07, 6.45) is 2.64. The van der Waals surface area contributed by atoms with Gasteiger partial charge in [-0.2, -0.15) is 0 Å². The van der Waals surface area contributed by atoms with Crippen molar-refractivity contribution in [3.8, 4) is 0 Å². The van der Waals surface area contributed by atoms with Gasteiger partial charge in [0, 0.05) is 5.69 Å². The molecule has 1 saturated carbocycles. The summed E-state index contributed by atoms with van der Waals surface area (Å²) >= 11 is 6.12. The highest BCUT2D eigenvalue weighted by Crippen LogP contribution is 2.46. The Morgan fingerprint density at radius 1 is 1.25 bits per heavy atom. The quantitative estimate of drug-likeness (QED) is 0.673. The van der Waals surface area contributed by atoms with Crippen LogP contribution in [0, 0.1) is 17.8 Å². The zero-order valence-corrected chi connectivity index (χ0v) is 12.1. The van der Waals surface area contributed by atoms with Crippen LogP contribution in [-0.4, -0.2) is 11.8 Å². The average molecular weight is 293 g/mol. The maximum Gasteiger partial charge on any atom is 0.237 e.